The standard InChI is InChI=1S/C12H11NO3/c1-15-12(14)10-6-7-2-3-9-8(4-5-13-9)11(7)16-10/h4-6,13H,2-3H2,1H3. The number of esters is 1. The van der Waals surface area contributed by atoms with Crippen LogP contribution in [0.15, 0.2) is 22.7 Å². The summed E-state index contributed by atoms with van der Waals surface area (Å²) in [6, 6.07) is 3.75. The van der Waals surface area contributed by atoms with Gasteiger partial charge in [0.15, 0.2) is 0 Å². The second-order valence-electron chi connectivity index (χ2n) is 3.83. The maximum atomic E-state index is 11.4. The van der Waals surface area contributed by atoms with Gasteiger partial charge >= 0.3 is 5.97 Å². The molecule has 0 fully saturated rings. The Hall–Kier alpha value is -1.97. The van der Waals surface area contributed by atoms with Gasteiger partial charge in [0, 0.05) is 17.5 Å². The lowest BCUT2D eigenvalue weighted by molar-refractivity contribution is 0.0566. The number of methoxy groups -OCH3 is 1. The number of aryl methyl sites for hydroxylation is 2. The Morgan fingerprint density at radius 3 is 3.19 bits per heavy atom. The largest absolute Gasteiger partial charge is 0.463 e. The smallest absolute Gasteiger partial charge is 0.373 e. The van der Waals surface area contributed by atoms with Crippen molar-refractivity contribution in [2.24, 2.45) is 0 Å². The van der Waals surface area contributed by atoms with Crippen molar-refractivity contribution in [2.45, 2.75) is 12.8 Å². The van der Waals surface area contributed by atoms with Crippen LogP contribution in [-0.2, 0) is 17.6 Å². The molecule has 0 atom stereocenters. The van der Waals surface area contributed by atoms with E-state index in [1.165, 1.54) is 12.8 Å². The Kier molecular flexibility index (Phi) is 1.89. The van der Waals surface area contributed by atoms with Crippen LogP contribution in [0.2, 0.25) is 0 Å². The zero-order chi connectivity index (χ0) is 11.1. The first-order valence-corrected chi connectivity index (χ1v) is 5.17. The number of ether oxygens (including phenoxy) is 1. The fourth-order valence-corrected chi connectivity index (χ4v) is 2.13. The number of aromatic amines is 1. The minimum Gasteiger partial charge on any atom is -0.463 e. The minimum atomic E-state index is -0.425. The molecule has 0 aliphatic heterocycles. The highest BCUT2D eigenvalue weighted by Gasteiger charge is 2.24. The molecule has 82 valence electrons. The number of furan rings is 1. The molecule has 3 rings (SSSR count). The summed E-state index contributed by atoms with van der Waals surface area (Å²) in [6.45, 7) is 0. The van der Waals surface area contributed by atoms with Gasteiger partial charge in [0.05, 0.1) is 7.11 Å². The predicted molar refractivity (Wildman–Crippen MR) is 57.2 cm³/mol. The van der Waals surface area contributed by atoms with Gasteiger partial charge in [-0.25, -0.2) is 4.79 Å². The Balaban J connectivity index is 2.12. The highest BCUT2D eigenvalue weighted by atomic mass is 16.5. The normalized spacial score (nSPS) is 13.1. The van der Waals surface area contributed by atoms with E-state index < -0.39 is 5.97 Å². The number of carbonyl (C=O) groups excluding carboxylic acids is 1. The Bertz CT molecular complexity index is 550. The maximum Gasteiger partial charge on any atom is 0.373 e. The summed E-state index contributed by atoms with van der Waals surface area (Å²) in [7, 11) is 1.35. The number of fused-ring (bicyclic) bond motifs is 3. The molecular formula is C12H11NO3. The van der Waals surface area contributed by atoms with Gasteiger partial charge in [-0.3, -0.25) is 0 Å². The summed E-state index contributed by atoms with van der Waals surface area (Å²) in [5.41, 5.74) is 3.29. The molecule has 0 aromatic carbocycles. The number of hydrogen-bond donors (Lipinski definition) is 1. The van der Waals surface area contributed by atoms with Gasteiger partial charge in [0.2, 0.25) is 5.76 Å². The molecule has 0 saturated carbocycles. The highest BCUT2D eigenvalue weighted by molar-refractivity contribution is 5.88. The van der Waals surface area contributed by atoms with Crippen LogP contribution in [0.25, 0.3) is 11.3 Å². The minimum absolute atomic E-state index is 0.279. The SMILES string of the molecule is COC(=O)c1cc2c(o1)-c1cc[nH]c1CC2. The van der Waals surface area contributed by atoms with Gasteiger partial charge < -0.3 is 14.1 Å². The molecule has 0 bridgehead atoms. The average molecular weight is 217 g/mol. The Morgan fingerprint density at radius 1 is 1.50 bits per heavy atom. The van der Waals surface area contributed by atoms with Crippen LogP contribution in [0.4, 0.5) is 0 Å². The highest BCUT2D eigenvalue weighted by Crippen LogP contribution is 2.35. The summed E-state index contributed by atoms with van der Waals surface area (Å²) < 4.78 is 10.2. The topological polar surface area (TPSA) is 55.2 Å². The van der Waals surface area contributed by atoms with Crippen molar-refractivity contribution in [3.05, 3.63) is 35.3 Å². The fraction of sp³-hybridized carbons (Fsp3) is 0.250. The number of hydrogen-bond acceptors (Lipinski definition) is 3. The third kappa shape index (κ3) is 1.19. The van der Waals surface area contributed by atoms with Gasteiger partial charge in [0.1, 0.15) is 5.76 Å². The molecule has 1 aliphatic rings. The zero-order valence-corrected chi connectivity index (χ0v) is 8.87. The first-order valence-electron chi connectivity index (χ1n) is 5.17. The third-order valence-corrected chi connectivity index (χ3v) is 2.92. The van der Waals surface area contributed by atoms with Gasteiger partial charge in [-0.1, -0.05) is 0 Å². The van der Waals surface area contributed by atoms with E-state index in [9.17, 15) is 4.79 Å². The van der Waals surface area contributed by atoms with Crippen LogP contribution >= 0.6 is 0 Å². The van der Waals surface area contributed by atoms with Crippen molar-refractivity contribution in [3.63, 3.8) is 0 Å². The molecule has 0 saturated heterocycles. The molecule has 4 nitrogen and oxygen atoms in total. The van der Waals surface area contributed by atoms with E-state index in [0.29, 0.717) is 0 Å². The van der Waals surface area contributed by atoms with Crippen molar-refractivity contribution in [2.75, 3.05) is 7.11 Å². The van der Waals surface area contributed by atoms with Crippen LogP contribution in [0, 0.1) is 0 Å². The van der Waals surface area contributed by atoms with Crippen LogP contribution in [-0.4, -0.2) is 18.1 Å². The lowest BCUT2D eigenvalue weighted by atomic mass is 9.97. The molecule has 2 aromatic heterocycles. The van der Waals surface area contributed by atoms with Crippen molar-refractivity contribution in [1.82, 2.24) is 4.98 Å². The summed E-state index contributed by atoms with van der Waals surface area (Å²) >= 11 is 0. The number of aromatic nitrogens is 1. The van der Waals surface area contributed by atoms with Gasteiger partial charge in [0.25, 0.3) is 0 Å². The third-order valence-electron chi connectivity index (χ3n) is 2.92. The van der Waals surface area contributed by atoms with Crippen molar-refractivity contribution in [1.29, 1.82) is 0 Å². The summed E-state index contributed by atoms with van der Waals surface area (Å²) in [5, 5.41) is 0. The first-order chi connectivity index (χ1) is 7.79. The van der Waals surface area contributed by atoms with E-state index in [0.717, 1.165) is 29.7 Å². The molecule has 2 heterocycles. The number of H-pyrrole nitrogens is 1. The Morgan fingerprint density at radius 2 is 2.38 bits per heavy atom. The average Bonchev–Trinajstić information content (AvgIpc) is 2.92. The second-order valence-corrected chi connectivity index (χ2v) is 3.83. The number of nitrogens with one attached hydrogen (secondary N) is 1. The molecule has 0 unspecified atom stereocenters. The van der Waals surface area contributed by atoms with E-state index in [1.807, 2.05) is 12.3 Å². The number of rotatable bonds is 1. The van der Waals surface area contributed by atoms with Gasteiger partial charge in [-0.15, -0.1) is 0 Å². The molecule has 1 aliphatic carbocycles. The molecule has 0 radical (unpaired) electrons. The van der Waals surface area contributed by atoms with Crippen LogP contribution in [0.1, 0.15) is 21.8 Å². The maximum absolute atomic E-state index is 11.4. The van der Waals surface area contributed by atoms with Crippen molar-refractivity contribution >= 4 is 5.97 Å². The summed E-state index contributed by atoms with van der Waals surface area (Å²) in [4.78, 5) is 14.5. The molecule has 2 aromatic rings. The van der Waals surface area contributed by atoms with E-state index >= 15 is 0 Å². The van der Waals surface area contributed by atoms with E-state index in [-0.39, 0.29) is 5.76 Å². The van der Waals surface area contributed by atoms with E-state index in [4.69, 9.17) is 4.42 Å². The van der Waals surface area contributed by atoms with Crippen LogP contribution in [0.3, 0.4) is 0 Å². The fourth-order valence-electron chi connectivity index (χ4n) is 2.13. The molecule has 16 heavy (non-hydrogen) atoms. The van der Waals surface area contributed by atoms with Gasteiger partial charge in [-0.05, 0) is 30.5 Å². The first kappa shape index (κ1) is 9.27. The second kappa shape index (κ2) is 3.27. The lowest BCUT2D eigenvalue weighted by Crippen LogP contribution is -1.99. The number of carbonyl (C=O) groups is 1. The summed E-state index contributed by atoms with van der Waals surface area (Å²) in [5.74, 6) is 0.649. The Labute approximate surface area is 92.2 Å². The molecular weight excluding hydrogens is 206 g/mol. The summed E-state index contributed by atoms with van der Waals surface area (Å²) in [6.07, 6.45) is 3.74. The quantitative estimate of drug-likeness (QED) is 0.745. The zero-order valence-electron chi connectivity index (χ0n) is 8.87. The van der Waals surface area contributed by atoms with E-state index in [2.05, 4.69) is 9.72 Å². The monoisotopic (exact) mass is 217 g/mol. The van der Waals surface area contributed by atoms with Crippen LogP contribution in [0.5, 0.6) is 0 Å². The molecule has 0 amide bonds. The lowest BCUT2D eigenvalue weighted by Gasteiger charge is -2.09. The molecule has 4 heteroatoms. The molecule has 0 spiro atoms. The van der Waals surface area contributed by atoms with Crippen molar-refractivity contribution < 1.29 is 13.9 Å². The molecule has 1 N–H and O–H groups in total. The van der Waals surface area contributed by atoms with E-state index in [1.54, 1.807) is 6.07 Å². The van der Waals surface area contributed by atoms with Gasteiger partial charge in [-0.2, -0.15) is 0 Å². The predicted octanol–water partition coefficient (Wildman–Crippen LogP) is 2.16. The van der Waals surface area contributed by atoms with Crippen LogP contribution < -0.4 is 0 Å². The van der Waals surface area contributed by atoms with Crippen molar-refractivity contribution in [3.8, 4) is 11.3 Å².